The highest BCUT2D eigenvalue weighted by Crippen LogP contribution is 2.19. The van der Waals surface area contributed by atoms with Crippen LogP contribution in [0.25, 0.3) is 0 Å². The maximum atomic E-state index is 9.40. The van der Waals surface area contributed by atoms with Crippen molar-refractivity contribution in [2.75, 3.05) is 6.61 Å². The number of hydrogen-bond acceptors (Lipinski definition) is 5. The Bertz CT molecular complexity index is 380. The fraction of sp³-hybridized carbons (Fsp3) is 0.600. The molecule has 5 nitrogen and oxygen atoms in total. The van der Waals surface area contributed by atoms with E-state index in [9.17, 15) is 5.02 Å². The van der Waals surface area contributed by atoms with Gasteiger partial charge < -0.3 is 25.0 Å². The SMILES string of the molecule is CC(C)(O)C(C)(C)O.CCOB(O)c1ccc(CO)cc1. The van der Waals surface area contributed by atoms with Crippen LogP contribution in [0.5, 0.6) is 0 Å². The average molecular weight is 298 g/mol. The van der Waals surface area contributed by atoms with Gasteiger partial charge in [-0.2, -0.15) is 0 Å². The zero-order valence-corrected chi connectivity index (χ0v) is 13.5. The van der Waals surface area contributed by atoms with Crippen molar-refractivity contribution in [3.63, 3.8) is 0 Å². The van der Waals surface area contributed by atoms with Crippen LogP contribution in [0.4, 0.5) is 0 Å². The number of benzene rings is 1. The summed E-state index contributed by atoms with van der Waals surface area (Å²) in [5.41, 5.74) is -0.480. The second-order valence-electron chi connectivity index (χ2n) is 5.83. The third kappa shape index (κ3) is 7.59. The summed E-state index contributed by atoms with van der Waals surface area (Å²) in [6.45, 7) is 8.62. The number of hydrogen-bond donors (Lipinski definition) is 4. The van der Waals surface area contributed by atoms with Gasteiger partial charge in [-0.1, -0.05) is 24.3 Å². The van der Waals surface area contributed by atoms with Crippen molar-refractivity contribution in [1.29, 1.82) is 0 Å². The highest BCUT2D eigenvalue weighted by Gasteiger charge is 2.31. The molecule has 1 rings (SSSR count). The Morgan fingerprint density at radius 1 is 1.00 bits per heavy atom. The van der Waals surface area contributed by atoms with Crippen molar-refractivity contribution in [3.05, 3.63) is 29.8 Å². The first-order chi connectivity index (χ1) is 9.52. The van der Waals surface area contributed by atoms with Crippen molar-refractivity contribution >= 4 is 12.6 Å². The molecule has 0 aromatic heterocycles. The minimum Gasteiger partial charge on any atom is -0.423 e. The molecule has 0 unspecified atom stereocenters. The predicted molar refractivity (Wildman–Crippen MR) is 84.2 cm³/mol. The van der Waals surface area contributed by atoms with Gasteiger partial charge in [0.15, 0.2) is 0 Å². The third-order valence-electron chi connectivity index (χ3n) is 3.27. The Kier molecular flexibility index (Phi) is 8.14. The quantitative estimate of drug-likeness (QED) is 0.592. The Balaban J connectivity index is 0.000000433. The molecule has 6 heteroatoms. The van der Waals surface area contributed by atoms with E-state index >= 15 is 0 Å². The summed E-state index contributed by atoms with van der Waals surface area (Å²) in [7, 11) is -0.863. The van der Waals surface area contributed by atoms with Gasteiger partial charge >= 0.3 is 7.12 Å². The summed E-state index contributed by atoms with van der Waals surface area (Å²) >= 11 is 0. The fourth-order valence-electron chi connectivity index (χ4n) is 1.04. The van der Waals surface area contributed by atoms with Crippen molar-refractivity contribution in [1.82, 2.24) is 0 Å². The standard InChI is InChI=1S/C9H13BO3.C6H14O2/c1-2-13-10(12)9-5-3-8(7-11)4-6-9;1-5(2,7)6(3,4)8/h3-6,11-12H,2,7H2,1H3;7-8H,1-4H3. The Labute approximate surface area is 127 Å². The summed E-state index contributed by atoms with van der Waals surface area (Å²) in [6.07, 6.45) is 0. The fourth-order valence-corrected chi connectivity index (χ4v) is 1.04. The molecule has 120 valence electrons. The van der Waals surface area contributed by atoms with Crippen LogP contribution in [0, 0.1) is 0 Å². The Morgan fingerprint density at radius 3 is 1.71 bits per heavy atom. The van der Waals surface area contributed by atoms with E-state index < -0.39 is 18.3 Å². The van der Waals surface area contributed by atoms with Crippen LogP contribution in [0.3, 0.4) is 0 Å². The van der Waals surface area contributed by atoms with E-state index in [4.69, 9.17) is 20.0 Å². The minimum atomic E-state index is -1.01. The molecule has 0 saturated carbocycles. The van der Waals surface area contributed by atoms with Gasteiger partial charge in [0, 0.05) is 6.61 Å². The van der Waals surface area contributed by atoms with Crippen LogP contribution in [0.1, 0.15) is 40.2 Å². The summed E-state index contributed by atoms with van der Waals surface area (Å²) in [4.78, 5) is 0. The molecule has 4 N–H and O–H groups in total. The molecular weight excluding hydrogens is 271 g/mol. The lowest BCUT2D eigenvalue weighted by atomic mass is 9.79. The largest absolute Gasteiger partial charge is 0.491 e. The first kappa shape index (κ1) is 20.1. The van der Waals surface area contributed by atoms with E-state index in [0.717, 1.165) is 5.56 Å². The van der Waals surface area contributed by atoms with E-state index in [2.05, 4.69) is 0 Å². The van der Waals surface area contributed by atoms with Crippen molar-refractivity contribution in [2.45, 2.75) is 52.4 Å². The normalized spacial score (nSPS) is 11.7. The van der Waals surface area contributed by atoms with Crippen LogP contribution in [0.2, 0.25) is 0 Å². The molecule has 0 aliphatic carbocycles. The van der Waals surface area contributed by atoms with Crippen molar-refractivity contribution in [2.24, 2.45) is 0 Å². The van der Waals surface area contributed by atoms with Crippen LogP contribution in [-0.4, -0.2) is 45.3 Å². The van der Waals surface area contributed by atoms with Gasteiger partial charge in [0.2, 0.25) is 0 Å². The first-order valence-electron chi connectivity index (χ1n) is 6.97. The lowest BCUT2D eigenvalue weighted by molar-refractivity contribution is -0.107. The van der Waals surface area contributed by atoms with Crippen molar-refractivity contribution in [3.8, 4) is 0 Å². The smallest absolute Gasteiger partial charge is 0.423 e. The Morgan fingerprint density at radius 2 is 1.43 bits per heavy atom. The maximum absolute atomic E-state index is 9.40. The van der Waals surface area contributed by atoms with E-state index in [0.29, 0.717) is 12.1 Å². The molecule has 21 heavy (non-hydrogen) atoms. The lowest BCUT2D eigenvalue weighted by Gasteiger charge is -2.31. The van der Waals surface area contributed by atoms with Gasteiger partial charge in [0.1, 0.15) is 0 Å². The van der Waals surface area contributed by atoms with Gasteiger partial charge in [0.05, 0.1) is 17.8 Å². The summed E-state index contributed by atoms with van der Waals surface area (Å²) in [5, 5.41) is 36.4. The van der Waals surface area contributed by atoms with Crippen LogP contribution in [-0.2, 0) is 11.3 Å². The predicted octanol–water partition coefficient (Wildman–Crippen LogP) is 0.431. The molecule has 0 atom stereocenters. The van der Waals surface area contributed by atoms with E-state index in [1.807, 2.05) is 6.92 Å². The number of aliphatic hydroxyl groups excluding tert-OH is 1. The lowest BCUT2D eigenvalue weighted by Crippen LogP contribution is -2.44. The molecule has 0 bridgehead atoms. The molecule has 1 aromatic rings. The van der Waals surface area contributed by atoms with Crippen LogP contribution in [0.15, 0.2) is 24.3 Å². The van der Waals surface area contributed by atoms with Crippen molar-refractivity contribution < 1.29 is 25.0 Å². The molecule has 0 aliphatic heterocycles. The monoisotopic (exact) mass is 298 g/mol. The van der Waals surface area contributed by atoms with Gasteiger partial charge in [-0.25, -0.2) is 0 Å². The molecule has 0 heterocycles. The van der Waals surface area contributed by atoms with Gasteiger partial charge in [-0.3, -0.25) is 0 Å². The Hall–Kier alpha value is -0.915. The summed E-state index contributed by atoms with van der Waals surface area (Å²) < 4.78 is 4.99. The molecule has 1 aromatic carbocycles. The summed E-state index contributed by atoms with van der Waals surface area (Å²) in [6, 6.07) is 7.01. The number of rotatable bonds is 5. The topological polar surface area (TPSA) is 90.2 Å². The minimum absolute atomic E-state index is 0.0189. The summed E-state index contributed by atoms with van der Waals surface area (Å²) in [5.74, 6) is 0. The van der Waals surface area contributed by atoms with Gasteiger partial charge in [0.25, 0.3) is 0 Å². The molecule has 0 saturated heterocycles. The maximum Gasteiger partial charge on any atom is 0.491 e. The molecule has 0 aliphatic rings. The third-order valence-corrected chi connectivity index (χ3v) is 3.27. The van der Waals surface area contributed by atoms with Gasteiger partial charge in [-0.15, -0.1) is 0 Å². The highest BCUT2D eigenvalue weighted by atomic mass is 16.5. The van der Waals surface area contributed by atoms with Gasteiger partial charge in [-0.05, 0) is 45.6 Å². The molecule has 0 radical (unpaired) electrons. The first-order valence-corrected chi connectivity index (χ1v) is 6.97. The average Bonchev–Trinajstić information content (AvgIpc) is 2.37. The zero-order chi connectivity index (χ0) is 16.7. The van der Waals surface area contributed by atoms with E-state index in [1.54, 1.807) is 52.0 Å². The van der Waals surface area contributed by atoms with Crippen LogP contribution < -0.4 is 5.46 Å². The molecule has 0 spiro atoms. The van der Waals surface area contributed by atoms with E-state index in [-0.39, 0.29) is 6.61 Å². The molecular formula is C15H27BO5. The zero-order valence-electron chi connectivity index (χ0n) is 13.5. The second-order valence-corrected chi connectivity index (χ2v) is 5.83. The second kappa shape index (κ2) is 8.51. The molecule has 0 fully saturated rings. The molecule has 0 amide bonds. The van der Waals surface area contributed by atoms with E-state index in [1.165, 1.54) is 0 Å². The van der Waals surface area contributed by atoms with Crippen LogP contribution >= 0.6 is 0 Å². The highest BCUT2D eigenvalue weighted by molar-refractivity contribution is 6.59. The number of aliphatic hydroxyl groups is 3.